The zero-order valence-corrected chi connectivity index (χ0v) is 23.0. The van der Waals surface area contributed by atoms with Crippen LogP contribution in [-0.2, 0) is 16.0 Å². The Morgan fingerprint density at radius 3 is 2.16 bits per heavy atom. The number of carbonyl (C=O) groups excluding carboxylic acids is 2. The first-order valence-corrected chi connectivity index (χ1v) is 12.6. The van der Waals surface area contributed by atoms with E-state index >= 15 is 0 Å². The fourth-order valence-electron chi connectivity index (χ4n) is 3.60. The summed E-state index contributed by atoms with van der Waals surface area (Å²) in [5.41, 5.74) is 5.22. The summed E-state index contributed by atoms with van der Waals surface area (Å²) >= 11 is 0. The van der Waals surface area contributed by atoms with E-state index in [1.807, 2.05) is 68.6 Å². The second-order valence-electron chi connectivity index (χ2n) is 8.16. The molecule has 4 heteroatoms. The lowest BCUT2D eigenvalue weighted by Gasteiger charge is -2.15. The van der Waals surface area contributed by atoms with Gasteiger partial charge in [-0.25, -0.2) is 0 Å². The minimum Gasteiger partial charge on any atom is -0.355 e. The number of allylic oxidation sites excluding steroid dienone is 4. The zero-order valence-electron chi connectivity index (χ0n) is 23.0. The van der Waals surface area contributed by atoms with Crippen molar-refractivity contribution in [2.45, 2.75) is 59.8 Å². The van der Waals surface area contributed by atoms with Crippen molar-refractivity contribution < 1.29 is 9.59 Å². The molecule has 0 aliphatic heterocycles. The molecule has 37 heavy (non-hydrogen) atoms. The quantitative estimate of drug-likeness (QED) is 0.0882. The van der Waals surface area contributed by atoms with Crippen LogP contribution in [0.5, 0.6) is 0 Å². The number of nitrogens with one attached hydrogen (secondary N) is 1. The van der Waals surface area contributed by atoms with E-state index in [-0.39, 0.29) is 5.91 Å². The molecule has 2 rings (SSSR count). The highest BCUT2D eigenvalue weighted by Gasteiger charge is 2.16. The van der Waals surface area contributed by atoms with Crippen molar-refractivity contribution >= 4 is 24.0 Å². The van der Waals surface area contributed by atoms with E-state index in [9.17, 15) is 9.59 Å². The van der Waals surface area contributed by atoms with Gasteiger partial charge in [0.05, 0.1) is 0 Å². The highest BCUT2D eigenvalue weighted by Crippen LogP contribution is 2.28. The molecule has 1 amide bonds. The minimum absolute atomic E-state index is 0.237. The number of nitrogens with zero attached hydrogens (tertiary/aromatic N) is 1. The zero-order chi connectivity index (χ0) is 27.9. The van der Waals surface area contributed by atoms with Crippen LogP contribution in [0.15, 0.2) is 89.1 Å². The summed E-state index contributed by atoms with van der Waals surface area (Å²) in [5.74, 6) is -0.237. The van der Waals surface area contributed by atoms with E-state index in [1.165, 1.54) is 11.1 Å². The van der Waals surface area contributed by atoms with Gasteiger partial charge in [-0.2, -0.15) is 0 Å². The molecule has 0 aromatic heterocycles. The molecule has 0 spiro atoms. The lowest BCUT2D eigenvalue weighted by molar-refractivity contribution is -0.117. The van der Waals surface area contributed by atoms with Crippen molar-refractivity contribution in [3.8, 4) is 12.8 Å². The van der Waals surface area contributed by atoms with Crippen LogP contribution in [0.1, 0.15) is 63.1 Å². The molecular weight excluding hydrogens is 456 g/mol. The molecule has 196 valence electrons. The predicted octanol–water partition coefficient (Wildman–Crippen LogP) is 7.30. The molecule has 0 aliphatic rings. The third kappa shape index (κ3) is 13.1. The molecule has 0 atom stereocenters. The molecule has 0 heterocycles. The van der Waals surface area contributed by atoms with Crippen LogP contribution in [0.25, 0.3) is 5.57 Å². The molecule has 0 bridgehead atoms. The van der Waals surface area contributed by atoms with Gasteiger partial charge in [0.15, 0.2) is 6.29 Å². The maximum atomic E-state index is 12.0. The van der Waals surface area contributed by atoms with Crippen LogP contribution in [-0.4, -0.2) is 25.5 Å². The highest BCUT2D eigenvalue weighted by atomic mass is 16.1. The minimum atomic E-state index is -0.237. The van der Waals surface area contributed by atoms with Crippen molar-refractivity contribution in [3.05, 3.63) is 101 Å². The molecule has 4 nitrogen and oxygen atoms in total. The Hall–Kier alpha value is -3.97. The number of likely N-dealkylation sites (N-methyl/N-ethyl adjacent to an activating group) is 1. The van der Waals surface area contributed by atoms with Crippen molar-refractivity contribution in [3.63, 3.8) is 0 Å². The monoisotopic (exact) mass is 498 g/mol. The van der Waals surface area contributed by atoms with Gasteiger partial charge in [0, 0.05) is 30.6 Å². The van der Waals surface area contributed by atoms with Gasteiger partial charge in [-0.05, 0) is 70.1 Å². The number of aryl methyl sites for hydroxylation is 2. The summed E-state index contributed by atoms with van der Waals surface area (Å²) in [7, 11) is 1.57. The molecular formula is C33H42N2O2. The molecule has 0 saturated carbocycles. The summed E-state index contributed by atoms with van der Waals surface area (Å²) in [6.45, 7) is 7.62. The van der Waals surface area contributed by atoms with Gasteiger partial charge in [-0.1, -0.05) is 78.7 Å². The molecule has 2 aromatic carbocycles. The average molecular weight is 499 g/mol. The molecule has 0 radical (unpaired) electrons. The molecule has 2 aromatic rings. The molecule has 0 aliphatic carbocycles. The van der Waals surface area contributed by atoms with Gasteiger partial charge in [-0.15, -0.1) is 12.8 Å². The number of rotatable bonds is 11. The first-order valence-electron chi connectivity index (χ1n) is 12.6. The second-order valence-corrected chi connectivity index (χ2v) is 8.16. The Balaban J connectivity index is 0.00000121. The number of terminal acetylenes is 1. The number of unbranched alkanes of at least 4 members (excludes halogenated alkanes) is 3. The van der Waals surface area contributed by atoms with Gasteiger partial charge >= 0.3 is 0 Å². The van der Waals surface area contributed by atoms with Gasteiger partial charge in [-0.3, -0.25) is 14.6 Å². The molecule has 0 fully saturated rings. The predicted molar refractivity (Wildman–Crippen MR) is 159 cm³/mol. The number of aliphatic imine (C=N–C) groups is 1. The van der Waals surface area contributed by atoms with Crippen LogP contribution in [0.2, 0.25) is 0 Å². The number of benzene rings is 2. The number of hydrogen-bond donors (Lipinski definition) is 1. The topological polar surface area (TPSA) is 58.5 Å². The largest absolute Gasteiger partial charge is 0.355 e. The Morgan fingerprint density at radius 1 is 0.973 bits per heavy atom. The maximum Gasteiger partial charge on any atom is 0.247 e. The number of amides is 1. The SMILES string of the molecule is C#C.C/C=C\N=CCCCCCc1ccccc1C(=C\C)/C(C=O)=C(\C)C(=O)NC.Cc1ccccc1. The van der Waals surface area contributed by atoms with E-state index in [2.05, 4.69) is 48.3 Å². The van der Waals surface area contributed by atoms with Gasteiger partial charge in [0.25, 0.3) is 0 Å². The first-order chi connectivity index (χ1) is 18.0. The fraction of sp³-hybridized carbons (Fsp3) is 0.303. The van der Waals surface area contributed by atoms with E-state index < -0.39 is 0 Å². The molecule has 0 unspecified atom stereocenters. The Bertz CT molecular complexity index is 1070. The normalized spacial score (nSPS) is 11.6. The average Bonchev–Trinajstić information content (AvgIpc) is 2.94. The maximum absolute atomic E-state index is 12.0. The Labute approximate surface area is 224 Å². The summed E-state index contributed by atoms with van der Waals surface area (Å²) in [6.07, 6.45) is 21.6. The summed E-state index contributed by atoms with van der Waals surface area (Å²) < 4.78 is 0. The Morgan fingerprint density at radius 2 is 1.62 bits per heavy atom. The summed E-state index contributed by atoms with van der Waals surface area (Å²) in [4.78, 5) is 28.0. The van der Waals surface area contributed by atoms with Crippen LogP contribution in [0.4, 0.5) is 0 Å². The van der Waals surface area contributed by atoms with E-state index in [4.69, 9.17) is 0 Å². The molecule has 1 N–H and O–H groups in total. The van der Waals surface area contributed by atoms with Gasteiger partial charge in [0.1, 0.15) is 0 Å². The van der Waals surface area contributed by atoms with Crippen LogP contribution >= 0.6 is 0 Å². The van der Waals surface area contributed by atoms with Gasteiger partial charge in [0.2, 0.25) is 5.91 Å². The number of hydrogen-bond acceptors (Lipinski definition) is 3. The van der Waals surface area contributed by atoms with E-state index in [1.54, 1.807) is 20.2 Å². The van der Waals surface area contributed by atoms with Crippen LogP contribution < -0.4 is 5.32 Å². The first kappa shape index (κ1) is 33.0. The van der Waals surface area contributed by atoms with Crippen molar-refractivity contribution in [2.24, 2.45) is 4.99 Å². The highest BCUT2D eigenvalue weighted by molar-refractivity contribution is 6.08. The third-order valence-corrected chi connectivity index (χ3v) is 5.54. The van der Waals surface area contributed by atoms with Crippen molar-refractivity contribution in [1.82, 2.24) is 5.32 Å². The lowest BCUT2D eigenvalue weighted by Crippen LogP contribution is -2.20. The summed E-state index contributed by atoms with van der Waals surface area (Å²) in [5, 5.41) is 2.59. The molecule has 0 saturated heterocycles. The van der Waals surface area contributed by atoms with Gasteiger partial charge < -0.3 is 5.32 Å². The number of carbonyl (C=O) groups is 2. The van der Waals surface area contributed by atoms with Crippen molar-refractivity contribution in [2.75, 3.05) is 7.05 Å². The van der Waals surface area contributed by atoms with Crippen molar-refractivity contribution in [1.29, 1.82) is 0 Å². The standard InChI is InChI=1S/C24H32N2O2.C7H8.C2H2/c1-5-16-26-17-12-8-7-9-13-20-14-10-11-15-22(20)21(6-2)23(18-27)19(3)24(28)25-4;1-7-5-3-2-4-6-7;1-2/h5-6,10-11,14-18H,7-9,12-13H2,1-4H3,(H,25,28);2-6H,1H3;1-2H/b16-5-,21-6+,23-19+,26-17?;;. The fourth-order valence-corrected chi connectivity index (χ4v) is 3.60. The van der Waals surface area contributed by atoms with E-state index in [0.717, 1.165) is 49.5 Å². The van der Waals surface area contributed by atoms with Crippen LogP contribution in [0.3, 0.4) is 0 Å². The van der Waals surface area contributed by atoms with Crippen LogP contribution in [0, 0.1) is 19.8 Å². The second kappa shape index (κ2) is 21.3. The number of aldehydes is 1. The third-order valence-electron chi connectivity index (χ3n) is 5.54. The smallest absolute Gasteiger partial charge is 0.247 e. The lowest BCUT2D eigenvalue weighted by atomic mass is 9.89. The summed E-state index contributed by atoms with van der Waals surface area (Å²) in [6, 6.07) is 18.4. The Kier molecular flexibility index (Phi) is 19.0. The van der Waals surface area contributed by atoms with E-state index in [0.29, 0.717) is 11.1 Å².